The molecule has 0 aliphatic carbocycles. The number of anilines is 1. The molecule has 4 rings (SSSR count). The van der Waals surface area contributed by atoms with Gasteiger partial charge in [0.1, 0.15) is 5.82 Å². The molecule has 1 aliphatic rings. The first-order chi connectivity index (χ1) is 12.5. The summed E-state index contributed by atoms with van der Waals surface area (Å²) in [6.07, 6.45) is -3.39. The molecule has 1 aliphatic heterocycles. The summed E-state index contributed by atoms with van der Waals surface area (Å²) in [7, 11) is 0. The zero-order valence-corrected chi connectivity index (χ0v) is 14.6. The Morgan fingerprint density at radius 3 is 2.88 bits per heavy atom. The van der Waals surface area contributed by atoms with Crippen LogP contribution in [0.15, 0.2) is 29.0 Å². The van der Waals surface area contributed by atoms with Gasteiger partial charge in [0, 0.05) is 24.0 Å². The number of likely N-dealkylation sites (tertiary alicyclic amines) is 1. The van der Waals surface area contributed by atoms with E-state index in [-0.39, 0.29) is 5.92 Å². The molecule has 0 bridgehead atoms. The number of nitrogens with zero attached hydrogens (tertiary/aromatic N) is 5. The van der Waals surface area contributed by atoms with Gasteiger partial charge in [0.15, 0.2) is 11.5 Å². The van der Waals surface area contributed by atoms with Gasteiger partial charge in [-0.15, -0.1) is 15.3 Å². The maximum absolute atomic E-state index is 12.5. The Labute approximate surface area is 151 Å². The Bertz CT molecular complexity index is 876. The molecule has 3 aromatic heterocycles. The van der Waals surface area contributed by atoms with Crippen molar-refractivity contribution in [3.63, 3.8) is 0 Å². The van der Waals surface area contributed by atoms with Gasteiger partial charge in [-0.2, -0.15) is 29.0 Å². The van der Waals surface area contributed by atoms with Crippen molar-refractivity contribution in [1.29, 1.82) is 0 Å². The number of fused-ring (bicyclic) bond motifs is 1. The van der Waals surface area contributed by atoms with E-state index in [0.717, 1.165) is 12.0 Å². The van der Waals surface area contributed by atoms with Gasteiger partial charge in [0.05, 0.1) is 6.54 Å². The van der Waals surface area contributed by atoms with Crippen LogP contribution >= 0.6 is 11.3 Å². The van der Waals surface area contributed by atoms with Crippen LogP contribution in [0.3, 0.4) is 0 Å². The van der Waals surface area contributed by atoms with E-state index in [2.05, 4.69) is 20.6 Å². The third kappa shape index (κ3) is 3.80. The molecule has 0 saturated carbocycles. The minimum Gasteiger partial charge on any atom is -0.368 e. The molecule has 1 fully saturated rings. The summed E-state index contributed by atoms with van der Waals surface area (Å²) in [5.41, 5.74) is 1.60. The van der Waals surface area contributed by atoms with E-state index in [0.29, 0.717) is 36.9 Å². The van der Waals surface area contributed by atoms with Gasteiger partial charge >= 0.3 is 6.18 Å². The van der Waals surface area contributed by atoms with E-state index in [1.807, 2.05) is 29.0 Å². The number of rotatable bonds is 5. The topological polar surface area (TPSA) is 58.3 Å². The first-order valence-electron chi connectivity index (χ1n) is 8.26. The molecule has 0 radical (unpaired) electrons. The van der Waals surface area contributed by atoms with E-state index >= 15 is 0 Å². The summed E-state index contributed by atoms with van der Waals surface area (Å²) in [5, 5.41) is 20.0. The lowest BCUT2D eigenvalue weighted by atomic mass is 10.1. The van der Waals surface area contributed by atoms with Gasteiger partial charge in [-0.3, -0.25) is 4.90 Å². The molecule has 1 atom stereocenters. The molecule has 1 N–H and O–H groups in total. The first kappa shape index (κ1) is 17.2. The van der Waals surface area contributed by atoms with Crippen LogP contribution in [0.1, 0.15) is 6.42 Å². The highest BCUT2D eigenvalue weighted by Crippen LogP contribution is 2.24. The second-order valence-corrected chi connectivity index (χ2v) is 7.19. The number of halogens is 3. The molecule has 0 aromatic carbocycles. The summed E-state index contributed by atoms with van der Waals surface area (Å²) < 4.78 is 39.1. The zero-order chi connectivity index (χ0) is 18.1. The number of hydrogen-bond acceptors (Lipinski definition) is 6. The van der Waals surface area contributed by atoms with E-state index in [1.54, 1.807) is 15.9 Å². The van der Waals surface area contributed by atoms with Crippen LogP contribution in [0.25, 0.3) is 17.0 Å². The van der Waals surface area contributed by atoms with E-state index < -0.39 is 12.7 Å². The fourth-order valence-corrected chi connectivity index (χ4v) is 3.81. The Kier molecular flexibility index (Phi) is 4.53. The summed E-state index contributed by atoms with van der Waals surface area (Å²) in [6.45, 7) is 0.675. The van der Waals surface area contributed by atoms with Crippen LogP contribution in [0, 0.1) is 5.92 Å². The number of thiophene rings is 1. The van der Waals surface area contributed by atoms with Crippen molar-refractivity contribution in [3.8, 4) is 11.4 Å². The molecule has 10 heteroatoms. The fraction of sp³-hybridized carbons (Fsp3) is 0.438. The van der Waals surface area contributed by atoms with Crippen LogP contribution in [-0.2, 0) is 0 Å². The van der Waals surface area contributed by atoms with Crippen LogP contribution < -0.4 is 5.32 Å². The van der Waals surface area contributed by atoms with Crippen LogP contribution in [0.5, 0.6) is 0 Å². The molecule has 0 spiro atoms. The number of hydrogen-bond donors (Lipinski definition) is 1. The van der Waals surface area contributed by atoms with Crippen molar-refractivity contribution < 1.29 is 13.2 Å². The molecule has 138 valence electrons. The summed E-state index contributed by atoms with van der Waals surface area (Å²) in [5.74, 6) is 1.50. The Morgan fingerprint density at radius 2 is 2.12 bits per heavy atom. The van der Waals surface area contributed by atoms with E-state index in [1.165, 1.54) is 4.90 Å². The van der Waals surface area contributed by atoms with Crippen molar-refractivity contribution in [1.82, 2.24) is 24.7 Å². The Hall–Kier alpha value is -2.20. The normalized spacial score (nSPS) is 18.7. The highest BCUT2D eigenvalue weighted by Gasteiger charge is 2.34. The van der Waals surface area contributed by atoms with Gasteiger partial charge in [0.25, 0.3) is 0 Å². The van der Waals surface area contributed by atoms with Gasteiger partial charge in [-0.05, 0) is 42.5 Å². The highest BCUT2D eigenvalue weighted by molar-refractivity contribution is 7.08. The predicted octanol–water partition coefficient (Wildman–Crippen LogP) is 3.15. The average Bonchev–Trinajstić information content (AvgIpc) is 3.31. The monoisotopic (exact) mass is 382 g/mol. The van der Waals surface area contributed by atoms with Crippen molar-refractivity contribution in [2.45, 2.75) is 12.6 Å². The molecule has 1 saturated heterocycles. The lowest BCUT2D eigenvalue weighted by Gasteiger charge is -2.18. The second kappa shape index (κ2) is 6.84. The van der Waals surface area contributed by atoms with Gasteiger partial charge in [-0.1, -0.05) is 0 Å². The molecular formula is C16H17F3N6S. The molecule has 6 nitrogen and oxygen atoms in total. The molecule has 3 aromatic rings. The van der Waals surface area contributed by atoms with Crippen LogP contribution in [0.4, 0.5) is 19.0 Å². The summed E-state index contributed by atoms with van der Waals surface area (Å²) >= 11 is 1.57. The average molecular weight is 382 g/mol. The van der Waals surface area contributed by atoms with Gasteiger partial charge in [-0.25, -0.2) is 0 Å². The van der Waals surface area contributed by atoms with Crippen molar-refractivity contribution in [2.75, 3.05) is 31.5 Å². The van der Waals surface area contributed by atoms with Crippen molar-refractivity contribution in [3.05, 3.63) is 29.0 Å². The first-order valence-corrected chi connectivity index (χ1v) is 9.20. The second-order valence-electron chi connectivity index (χ2n) is 6.41. The molecule has 26 heavy (non-hydrogen) atoms. The van der Waals surface area contributed by atoms with Gasteiger partial charge < -0.3 is 5.32 Å². The standard InChI is InChI=1S/C16H17F3N6S/c17-16(18,19)10-24-5-3-11(8-24)7-20-13-1-2-14-21-22-15(25(14)23-13)12-4-6-26-9-12/h1-2,4,6,9,11H,3,5,7-8,10H2,(H,20,23). The van der Waals surface area contributed by atoms with E-state index in [9.17, 15) is 13.2 Å². The molecule has 0 amide bonds. The quantitative estimate of drug-likeness (QED) is 0.735. The fourth-order valence-electron chi connectivity index (χ4n) is 3.18. The van der Waals surface area contributed by atoms with Crippen molar-refractivity contribution in [2.24, 2.45) is 5.92 Å². The third-order valence-electron chi connectivity index (χ3n) is 4.39. The van der Waals surface area contributed by atoms with Crippen molar-refractivity contribution >= 4 is 22.8 Å². The number of nitrogens with one attached hydrogen (secondary N) is 1. The van der Waals surface area contributed by atoms with E-state index in [4.69, 9.17) is 0 Å². The Morgan fingerprint density at radius 1 is 1.23 bits per heavy atom. The summed E-state index contributed by atoms with van der Waals surface area (Å²) in [4.78, 5) is 1.46. The van der Waals surface area contributed by atoms with Crippen LogP contribution in [-0.4, -0.2) is 57.1 Å². The lowest BCUT2D eigenvalue weighted by molar-refractivity contribution is -0.143. The number of aromatic nitrogens is 4. The summed E-state index contributed by atoms with van der Waals surface area (Å²) in [6, 6.07) is 5.59. The number of alkyl halides is 3. The smallest absolute Gasteiger partial charge is 0.368 e. The largest absolute Gasteiger partial charge is 0.401 e. The maximum atomic E-state index is 12.5. The molecule has 4 heterocycles. The zero-order valence-electron chi connectivity index (χ0n) is 13.8. The molecular weight excluding hydrogens is 365 g/mol. The van der Waals surface area contributed by atoms with Gasteiger partial charge in [0.2, 0.25) is 0 Å². The minimum absolute atomic E-state index is 0.173. The lowest BCUT2D eigenvalue weighted by Crippen LogP contribution is -2.33. The Balaban J connectivity index is 1.41. The SMILES string of the molecule is FC(F)(F)CN1CCC(CNc2ccc3nnc(-c4ccsc4)n3n2)C1. The highest BCUT2D eigenvalue weighted by atomic mass is 32.1. The minimum atomic E-state index is -4.14. The predicted molar refractivity (Wildman–Crippen MR) is 93.2 cm³/mol. The third-order valence-corrected chi connectivity index (χ3v) is 5.07. The van der Waals surface area contributed by atoms with Crippen LogP contribution in [0.2, 0.25) is 0 Å². The molecule has 1 unspecified atom stereocenters. The maximum Gasteiger partial charge on any atom is 0.401 e.